The molecule has 1 heterocycles. The molecule has 1 aromatic rings. The van der Waals surface area contributed by atoms with E-state index in [1.165, 1.54) is 31.7 Å². The lowest BCUT2D eigenvalue weighted by Crippen LogP contribution is -2.37. The average Bonchev–Trinajstić information content (AvgIpc) is 3.28. The molecule has 4 heteroatoms. The maximum Gasteiger partial charge on any atom is 0.127 e. The summed E-state index contributed by atoms with van der Waals surface area (Å²) in [5, 5.41) is 4.03. The number of piperidine rings is 1. The Kier molecular flexibility index (Phi) is 4.59. The third-order valence-electron chi connectivity index (χ3n) is 4.40. The molecule has 1 aliphatic carbocycles. The van der Waals surface area contributed by atoms with Crippen molar-refractivity contribution in [2.45, 2.75) is 38.3 Å². The first kappa shape index (κ1) is 14.3. The van der Waals surface area contributed by atoms with E-state index >= 15 is 0 Å². The molecule has 0 bridgehead atoms. The summed E-state index contributed by atoms with van der Waals surface area (Å²) >= 11 is 5.99. The summed E-state index contributed by atoms with van der Waals surface area (Å²) in [6, 6.07) is 5.53. The average molecular weight is 297 g/mol. The quantitative estimate of drug-likeness (QED) is 0.895. The number of rotatable bonds is 5. The summed E-state index contributed by atoms with van der Waals surface area (Å²) in [7, 11) is 0. The van der Waals surface area contributed by atoms with Gasteiger partial charge in [-0.15, -0.1) is 0 Å². The normalized spacial score (nSPS) is 20.6. The predicted octanol–water partition coefficient (Wildman–Crippen LogP) is 3.44. The van der Waals surface area contributed by atoms with Gasteiger partial charge in [-0.3, -0.25) is 4.90 Å². The van der Waals surface area contributed by atoms with Crippen LogP contribution in [0.1, 0.15) is 31.2 Å². The molecule has 3 rings (SSSR count). The minimum Gasteiger partial charge on any atom is -0.317 e. The van der Waals surface area contributed by atoms with Crippen molar-refractivity contribution in [3.05, 3.63) is 34.6 Å². The van der Waals surface area contributed by atoms with Crippen LogP contribution < -0.4 is 5.32 Å². The smallest absolute Gasteiger partial charge is 0.127 e. The molecule has 0 spiro atoms. The summed E-state index contributed by atoms with van der Waals surface area (Å²) in [6.07, 6.45) is 4.99. The number of hydrogen-bond donors (Lipinski definition) is 1. The van der Waals surface area contributed by atoms with Gasteiger partial charge < -0.3 is 5.32 Å². The summed E-state index contributed by atoms with van der Waals surface area (Å²) < 4.78 is 13.9. The lowest BCUT2D eigenvalue weighted by molar-refractivity contribution is 0.188. The zero-order valence-corrected chi connectivity index (χ0v) is 12.5. The van der Waals surface area contributed by atoms with Crippen molar-refractivity contribution in [3.63, 3.8) is 0 Å². The maximum atomic E-state index is 13.9. The van der Waals surface area contributed by atoms with E-state index in [2.05, 4.69) is 10.2 Å². The zero-order chi connectivity index (χ0) is 13.9. The third kappa shape index (κ3) is 3.72. The zero-order valence-electron chi connectivity index (χ0n) is 11.7. The van der Waals surface area contributed by atoms with Crippen LogP contribution in [0.25, 0.3) is 0 Å². The highest BCUT2D eigenvalue weighted by molar-refractivity contribution is 6.30. The van der Waals surface area contributed by atoms with E-state index in [-0.39, 0.29) is 5.82 Å². The minimum absolute atomic E-state index is 0.134. The molecule has 0 amide bonds. The van der Waals surface area contributed by atoms with E-state index in [4.69, 9.17) is 11.6 Å². The molecular weight excluding hydrogens is 275 g/mol. The number of benzene rings is 1. The van der Waals surface area contributed by atoms with Crippen molar-refractivity contribution in [1.82, 2.24) is 10.2 Å². The van der Waals surface area contributed by atoms with Gasteiger partial charge in [0.1, 0.15) is 5.82 Å². The minimum atomic E-state index is -0.134. The topological polar surface area (TPSA) is 15.3 Å². The Bertz CT molecular complexity index is 456. The molecule has 2 fully saturated rings. The van der Waals surface area contributed by atoms with Crippen LogP contribution in [0.5, 0.6) is 0 Å². The highest BCUT2D eigenvalue weighted by Crippen LogP contribution is 2.31. The van der Waals surface area contributed by atoms with Crippen LogP contribution in [-0.4, -0.2) is 30.6 Å². The molecule has 2 nitrogen and oxygen atoms in total. The molecule has 0 unspecified atom stereocenters. The van der Waals surface area contributed by atoms with Gasteiger partial charge >= 0.3 is 0 Å². The Morgan fingerprint density at radius 3 is 2.65 bits per heavy atom. The van der Waals surface area contributed by atoms with Crippen LogP contribution in [0.3, 0.4) is 0 Å². The molecule has 1 aromatic carbocycles. The lowest BCUT2D eigenvalue weighted by atomic mass is 9.97. The Hall–Kier alpha value is -0.640. The van der Waals surface area contributed by atoms with Crippen molar-refractivity contribution in [2.24, 2.45) is 5.92 Å². The number of halogens is 2. The van der Waals surface area contributed by atoms with Crippen LogP contribution in [0.4, 0.5) is 4.39 Å². The second kappa shape index (κ2) is 6.42. The van der Waals surface area contributed by atoms with E-state index in [1.54, 1.807) is 12.1 Å². The van der Waals surface area contributed by atoms with Crippen molar-refractivity contribution in [1.29, 1.82) is 0 Å². The van der Waals surface area contributed by atoms with Gasteiger partial charge in [-0.25, -0.2) is 4.39 Å². The van der Waals surface area contributed by atoms with Crippen LogP contribution >= 0.6 is 11.6 Å². The Balaban J connectivity index is 1.66. The van der Waals surface area contributed by atoms with E-state index < -0.39 is 0 Å². The van der Waals surface area contributed by atoms with E-state index in [9.17, 15) is 4.39 Å². The Labute approximate surface area is 125 Å². The number of hydrogen-bond acceptors (Lipinski definition) is 2. The van der Waals surface area contributed by atoms with Gasteiger partial charge in [0.15, 0.2) is 0 Å². The monoisotopic (exact) mass is 296 g/mol. The third-order valence-corrected chi connectivity index (χ3v) is 4.63. The van der Waals surface area contributed by atoms with Crippen molar-refractivity contribution >= 4 is 11.6 Å². The molecule has 1 saturated heterocycles. The lowest BCUT2D eigenvalue weighted by Gasteiger charge is -2.30. The molecule has 0 aromatic heterocycles. The van der Waals surface area contributed by atoms with Gasteiger partial charge in [0.25, 0.3) is 0 Å². The fourth-order valence-corrected chi connectivity index (χ4v) is 3.26. The van der Waals surface area contributed by atoms with E-state index in [1.807, 2.05) is 0 Å². The molecule has 0 radical (unpaired) electrons. The van der Waals surface area contributed by atoms with Gasteiger partial charge in [-0.1, -0.05) is 11.6 Å². The van der Waals surface area contributed by atoms with Gasteiger partial charge in [-0.2, -0.15) is 0 Å². The number of nitrogens with zero attached hydrogens (tertiary/aromatic N) is 1. The van der Waals surface area contributed by atoms with Crippen molar-refractivity contribution < 1.29 is 4.39 Å². The Morgan fingerprint density at radius 2 is 1.95 bits per heavy atom. The summed E-state index contributed by atoms with van der Waals surface area (Å²) in [6.45, 7) is 4.03. The van der Waals surface area contributed by atoms with Crippen LogP contribution in [0.15, 0.2) is 18.2 Å². The maximum absolute atomic E-state index is 13.9. The second-order valence-electron chi connectivity index (χ2n) is 6.09. The summed E-state index contributed by atoms with van der Waals surface area (Å²) in [5.41, 5.74) is 0.735. The molecule has 110 valence electrons. The first-order chi connectivity index (χ1) is 9.72. The van der Waals surface area contributed by atoms with Gasteiger partial charge in [0.2, 0.25) is 0 Å². The molecule has 1 aliphatic heterocycles. The van der Waals surface area contributed by atoms with E-state index in [0.29, 0.717) is 17.6 Å². The predicted molar refractivity (Wildman–Crippen MR) is 80.4 cm³/mol. The van der Waals surface area contributed by atoms with Crippen molar-refractivity contribution in [2.75, 3.05) is 19.6 Å². The summed E-state index contributed by atoms with van der Waals surface area (Å²) in [4.78, 5) is 2.46. The fraction of sp³-hybridized carbons (Fsp3) is 0.625. The first-order valence-corrected chi connectivity index (χ1v) is 7.99. The van der Waals surface area contributed by atoms with Crippen LogP contribution in [0, 0.1) is 11.7 Å². The molecular formula is C16H22ClFN2. The molecule has 2 aliphatic rings. The highest BCUT2D eigenvalue weighted by Gasteiger charge is 2.31. The SMILES string of the molecule is Fc1ccc(Cl)cc1CN(CC1CCNCC1)C1CC1. The fourth-order valence-electron chi connectivity index (χ4n) is 3.06. The van der Waals surface area contributed by atoms with E-state index in [0.717, 1.165) is 31.1 Å². The van der Waals surface area contributed by atoms with Crippen LogP contribution in [0.2, 0.25) is 5.02 Å². The summed E-state index contributed by atoms with van der Waals surface area (Å²) in [5.74, 6) is 0.615. The second-order valence-corrected chi connectivity index (χ2v) is 6.53. The molecule has 1 saturated carbocycles. The highest BCUT2D eigenvalue weighted by atomic mass is 35.5. The standard InChI is InChI=1S/C16H22ClFN2/c17-14-1-4-16(18)13(9-14)11-20(15-2-3-15)10-12-5-7-19-8-6-12/h1,4,9,12,15,19H,2-3,5-8,10-11H2. The number of nitrogens with one attached hydrogen (secondary N) is 1. The van der Waals surface area contributed by atoms with Gasteiger partial charge in [-0.05, 0) is 62.9 Å². The van der Waals surface area contributed by atoms with Gasteiger partial charge in [0, 0.05) is 29.7 Å². The molecule has 1 N–H and O–H groups in total. The molecule has 0 atom stereocenters. The van der Waals surface area contributed by atoms with Crippen LogP contribution in [-0.2, 0) is 6.54 Å². The largest absolute Gasteiger partial charge is 0.317 e. The van der Waals surface area contributed by atoms with Crippen molar-refractivity contribution in [3.8, 4) is 0 Å². The molecule has 20 heavy (non-hydrogen) atoms. The first-order valence-electron chi connectivity index (χ1n) is 7.61. The van der Waals surface area contributed by atoms with Gasteiger partial charge in [0.05, 0.1) is 0 Å². The Morgan fingerprint density at radius 1 is 1.20 bits per heavy atom.